The van der Waals surface area contributed by atoms with Gasteiger partial charge in [0, 0.05) is 0 Å². The Morgan fingerprint density at radius 1 is 0.515 bits per heavy atom. The van der Waals surface area contributed by atoms with Crippen LogP contribution in [0.15, 0.2) is 0 Å². The molecule has 1 atom stereocenters. The van der Waals surface area contributed by atoms with E-state index in [0.29, 0.717) is 0 Å². The first-order valence-electron chi connectivity index (χ1n) is 14.2. The lowest BCUT2D eigenvalue weighted by Gasteiger charge is -2.21. The van der Waals surface area contributed by atoms with Crippen LogP contribution in [0.5, 0.6) is 0 Å². The summed E-state index contributed by atoms with van der Waals surface area (Å²) < 4.78 is 55.6. The van der Waals surface area contributed by atoms with Crippen LogP contribution < -0.4 is 0 Å². The van der Waals surface area contributed by atoms with Crippen LogP contribution in [0.1, 0.15) is 155 Å². The Hall–Kier alpha value is -0.320. The molecule has 0 radical (unpaired) electrons. The Labute approximate surface area is 202 Å². The van der Waals surface area contributed by atoms with Crippen molar-refractivity contribution in [2.45, 2.75) is 168 Å². The molecule has 200 valence electrons. The summed E-state index contributed by atoms with van der Waals surface area (Å²) in [6.07, 6.45) is 18.1. The van der Waals surface area contributed by atoms with Gasteiger partial charge in [-0.25, -0.2) is 8.78 Å². The maximum absolute atomic E-state index is 13.2. The lowest BCUT2D eigenvalue weighted by molar-refractivity contribution is -0.304. The average Bonchev–Trinajstić information content (AvgIpc) is 2.79. The van der Waals surface area contributed by atoms with E-state index in [1.54, 1.807) is 0 Å². The Morgan fingerprint density at radius 3 is 1.12 bits per heavy atom. The highest BCUT2D eigenvalue weighted by Crippen LogP contribution is 2.27. The minimum absolute atomic E-state index is 0.0438. The monoisotopic (exact) mass is 482 g/mol. The van der Waals surface area contributed by atoms with Crippen LogP contribution in [-0.2, 0) is 4.74 Å². The largest absolute Gasteiger partial charge is 0.416 e. The summed E-state index contributed by atoms with van der Waals surface area (Å²) in [6.45, 7) is 4.19. The topological polar surface area (TPSA) is 9.23 Å². The summed E-state index contributed by atoms with van der Waals surface area (Å²) in [4.78, 5) is 0. The average molecular weight is 483 g/mol. The van der Waals surface area contributed by atoms with Crippen molar-refractivity contribution in [2.75, 3.05) is 6.61 Å². The second-order valence-corrected chi connectivity index (χ2v) is 9.98. The zero-order valence-electron chi connectivity index (χ0n) is 21.8. The molecule has 0 saturated heterocycles. The van der Waals surface area contributed by atoms with Crippen molar-refractivity contribution in [1.29, 1.82) is 0 Å². The van der Waals surface area contributed by atoms with E-state index in [9.17, 15) is 17.6 Å². The Kier molecular flexibility index (Phi) is 23.2. The predicted octanol–water partition coefficient (Wildman–Crippen LogP) is 11.1. The van der Waals surface area contributed by atoms with Gasteiger partial charge >= 0.3 is 12.5 Å². The molecule has 0 fully saturated rings. The maximum Gasteiger partial charge on any atom is 0.416 e. The fraction of sp³-hybridized carbons (Fsp3) is 1.00. The molecular formula is C28H54F4O. The Bertz CT molecular complexity index is 390. The standard InChI is InChI=1S/C28H54F4O/c1-3-5-7-9-11-13-14-16-18-20-22-24-26(25-33-28(31,32)27(29)30)23-21-19-17-15-12-10-8-6-4-2/h26-27H,3-25H2,1-2H3. The van der Waals surface area contributed by atoms with Crippen molar-refractivity contribution in [2.24, 2.45) is 5.92 Å². The van der Waals surface area contributed by atoms with Gasteiger partial charge in [0.2, 0.25) is 0 Å². The van der Waals surface area contributed by atoms with Crippen LogP contribution in [0.3, 0.4) is 0 Å². The van der Waals surface area contributed by atoms with Gasteiger partial charge in [0.15, 0.2) is 0 Å². The molecule has 1 unspecified atom stereocenters. The molecule has 0 amide bonds. The van der Waals surface area contributed by atoms with E-state index in [-0.39, 0.29) is 12.5 Å². The molecule has 0 aromatic heterocycles. The molecule has 0 rings (SSSR count). The van der Waals surface area contributed by atoms with E-state index < -0.39 is 12.5 Å². The highest BCUT2D eigenvalue weighted by Gasteiger charge is 2.42. The van der Waals surface area contributed by atoms with Crippen LogP contribution in [0.25, 0.3) is 0 Å². The van der Waals surface area contributed by atoms with E-state index in [0.717, 1.165) is 38.5 Å². The van der Waals surface area contributed by atoms with Gasteiger partial charge in [0.25, 0.3) is 0 Å². The molecule has 0 aromatic carbocycles. The van der Waals surface area contributed by atoms with Gasteiger partial charge in [0.1, 0.15) is 0 Å². The highest BCUT2D eigenvalue weighted by molar-refractivity contribution is 4.64. The zero-order valence-corrected chi connectivity index (χ0v) is 21.8. The summed E-state index contributed by atoms with van der Waals surface area (Å²) in [5, 5.41) is 0. The van der Waals surface area contributed by atoms with Crippen LogP contribution in [0.2, 0.25) is 0 Å². The summed E-state index contributed by atoms with van der Waals surface area (Å²) in [5.74, 6) is -0.0438. The number of alkyl halides is 4. The molecule has 0 aliphatic carbocycles. The molecule has 0 spiro atoms. The number of rotatable bonds is 26. The number of hydrogen-bond acceptors (Lipinski definition) is 1. The molecule has 0 saturated carbocycles. The number of ether oxygens (including phenoxy) is 1. The Balaban J connectivity index is 3.97. The van der Waals surface area contributed by atoms with Gasteiger partial charge in [0.05, 0.1) is 6.61 Å². The second kappa shape index (κ2) is 23.4. The molecule has 0 heterocycles. The van der Waals surface area contributed by atoms with Crippen molar-refractivity contribution in [3.63, 3.8) is 0 Å². The van der Waals surface area contributed by atoms with Crippen molar-refractivity contribution in [1.82, 2.24) is 0 Å². The van der Waals surface area contributed by atoms with Crippen molar-refractivity contribution < 1.29 is 22.3 Å². The number of hydrogen-bond donors (Lipinski definition) is 0. The first-order valence-corrected chi connectivity index (χ1v) is 14.2. The van der Waals surface area contributed by atoms with Crippen LogP contribution in [0.4, 0.5) is 17.6 Å². The lowest BCUT2D eigenvalue weighted by Crippen LogP contribution is -2.32. The molecule has 1 nitrogen and oxygen atoms in total. The first kappa shape index (κ1) is 32.7. The molecule has 0 bridgehead atoms. The van der Waals surface area contributed by atoms with Gasteiger partial charge in [-0.3, -0.25) is 0 Å². The summed E-state index contributed by atoms with van der Waals surface area (Å²) in [6, 6.07) is 0. The van der Waals surface area contributed by atoms with Gasteiger partial charge in [-0.1, -0.05) is 142 Å². The number of unbranched alkanes of at least 4 members (excludes halogenated alkanes) is 18. The minimum Gasteiger partial charge on any atom is -0.316 e. The normalized spacial score (nSPS) is 13.2. The van der Waals surface area contributed by atoms with E-state index in [2.05, 4.69) is 18.6 Å². The molecule has 0 N–H and O–H groups in total. The van der Waals surface area contributed by atoms with Gasteiger partial charge in [-0.2, -0.15) is 8.78 Å². The highest BCUT2D eigenvalue weighted by atomic mass is 19.3. The van der Waals surface area contributed by atoms with E-state index in [1.165, 1.54) is 103 Å². The fourth-order valence-corrected chi connectivity index (χ4v) is 4.44. The predicted molar refractivity (Wildman–Crippen MR) is 133 cm³/mol. The second-order valence-electron chi connectivity index (χ2n) is 9.98. The van der Waals surface area contributed by atoms with Crippen LogP contribution >= 0.6 is 0 Å². The molecule has 33 heavy (non-hydrogen) atoms. The van der Waals surface area contributed by atoms with Gasteiger partial charge in [-0.05, 0) is 18.8 Å². The molecule has 0 aliphatic heterocycles. The van der Waals surface area contributed by atoms with Crippen LogP contribution in [0, 0.1) is 5.92 Å². The fourth-order valence-electron chi connectivity index (χ4n) is 4.44. The van der Waals surface area contributed by atoms with Crippen molar-refractivity contribution in [3.05, 3.63) is 0 Å². The molecule has 5 heteroatoms. The van der Waals surface area contributed by atoms with E-state index in [1.807, 2.05) is 0 Å². The zero-order chi connectivity index (χ0) is 24.6. The summed E-state index contributed by atoms with van der Waals surface area (Å²) >= 11 is 0. The van der Waals surface area contributed by atoms with Gasteiger partial charge < -0.3 is 4.74 Å². The van der Waals surface area contributed by atoms with Crippen molar-refractivity contribution in [3.8, 4) is 0 Å². The third-order valence-corrected chi connectivity index (χ3v) is 6.70. The maximum atomic E-state index is 13.2. The van der Waals surface area contributed by atoms with Crippen molar-refractivity contribution >= 4 is 0 Å². The minimum atomic E-state index is -4.33. The quantitative estimate of drug-likeness (QED) is 0.0879. The van der Waals surface area contributed by atoms with E-state index >= 15 is 0 Å². The third-order valence-electron chi connectivity index (χ3n) is 6.70. The lowest BCUT2D eigenvalue weighted by atomic mass is 9.94. The summed E-state index contributed by atoms with van der Waals surface area (Å²) in [7, 11) is 0. The van der Waals surface area contributed by atoms with E-state index in [4.69, 9.17) is 0 Å². The van der Waals surface area contributed by atoms with Crippen LogP contribution in [-0.4, -0.2) is 19.1 Å². The molecular weight excluding hydrogens is 428 g/mol. The third kappa shape index (κ3) is 21.9. The molecule has 0 aromatic rings. The number of halogens is 4. The smallest absolute Gasteiger partial charge is 0.316 e. The Morgan fingerprint density at radius 2 is 0.818 bits per heavy atom. The first-order chi connectivity index (χ1) is 15.9. The van der Waals surface area contributed by atoms with Gasteiger partial charge in [-0.15, -0.1) is 0 Å². The SMILES string of the molecule is CCCCCCCCCCCCCC(CCCCCCCCCCC)COC(F)(F)C(F)F. The summed E-state index contributed by atoms with van der Waals surface area (Å²) in [5.41, 5.74) is 0. The molecule has 0 aliphatic rings.